The molecule has 0 radical (unpaired) electrons. The second-order valence-electron chi connectivity index (χ2n) is 8.59. The first-order chi connectivity index (χ1) is 16.8. The Morgan fingerprint density at radius 2 is 1.86 bits per heavy atom. The minimum absolute atomic E-state index is 0.150. The van der Waals surface area contributed by atoms with Crippen molar-refractivity contribution in [1.29, 1.82) is 0 Å². The van der Waals surface area contributed by atoms with Crippen LogP contribution in [0.3, 0.4) is 0 Å². The molecule has 0 aromatic heterocycles. The summed E-state index contributed by atoms with van der Waals surface area (Å²) in [5, 5.41) is 2.94. The van der Waals surface area contributed by atoms with E-state index in [1.54, 1.807) is 36.9 Å². The van der Waals surface area contributed by atoms with Crippen LogP contribution < -0.4 is 14.4 Å². The van der Waals surface area contributed by atoms with Crippen molar-refractivity contribution in [3.8, 4) is 5.75 Å². The van der Waals surface area contributed by atoms with E-state index in [-0.39, 0.29) is 23.5 Å². The summed E-state index contributed by atoms with van der Waals surface area (Å²) in [4.78, 5) is 13.8. The van der Waals surface area contributed by atoms with Gasteiger partial charge in [-0.25, -0.2) is 8.42 Å². The Morgan fingerprint density at radius 3 is 2.57 bits per heavy atom. The fraction of sp³-hybridized carbons (Fsp3) is 0.296. The topological polar surface area (TPSA) is 75.7 Å². The van der Waals surface area contributed by atoms with Crippen LogP contribution in [0.15, 0.2) is 76.5 Å². The molecule has 0 aliphatic carbocycles. The number of fused-ring (bicyclic) bond motifs is 1. The van der Waals surface area contributed by atoms with Crippen molar-refractivity contribution >= 4 is 33.4 Å². The first-order valence-corrected chi connectivity index (χ1v) is 14.2. The van der Waals surface area contributed by atoms with Crippen molar-refractivity contribution in [2.75, 3.05) is 23.7 Å². The number of sulfonamides is 1. The number of carbonyl (C=O) groups is 1. The maximum atomic E-state index is 13.4. The summed E-state index contributed by atoms with van der Waals surface area (Å²) in [7, 11) is -3.70. The standard InChI is InChI=1S/C27H30N2O4S2/c1-19-17-24(35(31,32)29-16-6-8-22-7-4-5-9-25(22)29)14-15-26(19)33-18-27(30)28-20(2)21-10-12-23(34-3)13-11-21/h4-5,7,9-15,17,20H,6,8,16,18H2,1-3H3,(H,28,30)/t20-/m0/s1. The number of amides is 1. The molecule has 0 bridgehead atoms. The van der Waals surface area contributed by atoms with E-state index in [1.165, 1.54) is 9.20 Å². The van der Waals surface area contributed by atoms with Crippen LogP contribution in [0, 0.1) is 6.92 Å². The number of hydrogen-bond donors (Lipinski definition) is 1. The van der Waals surface area contributed by atoms with E-state index in [0.717, 1.165) is 29.7 Å². The zero-order valence-electron chi connectivity index (χ0n) is 20.2. The molecule has 6 nitrogen and oxygen atoms in total. The largest absolute Gasteiger partial charge is 0.484 e. The number of carbonyl (C=O) groups excluding carboxylic acids is 1. The molecule has 1 atom stereocenters. The summed E-state index contributed by atoms with van der Waals surface area (Å²) in [6.45, 7) is 4.01. The highest BCUT2D eigenvalue weighted by atomic mass is 32.2. The number of rotatable bonds is 8. The predicted octanol–water partition coefficient (Wildman–Crippen LogP) is 5.11. The Kier molecular flexibility index (Phi) is 7.72. The molecule has 0 spiro atoms. The Hall–Kier alpha value is -2.97. The third kappa shape index (κ3) is 5.65. The van der Waals surface area contributed by atoms with Gasteiger partial charge in [0.2, 0.25) is 0 Å². The molecular formula is C27H30N2O4S2. The van der Waals surface area contributed by atoms with Crippen LogP contribution in [0.1, 0.15) is 36.1 Å². The second-order valence-corrected chi connectivity index (χ2v) is 11.3. The van der Waals surface area contributed by atoms with Crippen molar-refractivity contribution in [3.05, 3.63) is 83.4 Å². The van der Waals surface area contributed by atoms with Gasteiger partial charge in [0, 0.05) is 11.4 Å². The maximum Gasteiger partial charge on any atom is 0.264 e. The average molecular weight is 511 g/mol. The fourth-order valence-corrected chi connectivity index (χ4v) is 6.26. The molecule has 1 aliphatic rings. The molecular weight excluding hydrogens is 480 g/mol. The molecule has 0 unspecified atom stereocenters. The van der Waals surface area contributed by atoms with Gasteiger partial charge in [-0.3, -0.25) is 9.10 Å². The Bertz CT molecular complexity index is 1310. The van der Waals surface area contributed by atoms with E-state index in [9.17, 15) is 13.2 Å². The third-order valence-electron chi connectivity index (χ3n) is 6.15. The summed E-state index contributed by atoms with van der Waals surface area (Å²) in [5.41, 5.74) is 3.45. The lowest BCUT2D eigenvalue weighted by atomic mass is 10.0. The third-order valence-corrected chi connectivity index (χ3v) is 8.71. The number of thioether (sulfide) groups is 1. The van der Waals surface area contributed by atoms with Crippen molar-refractivity contribution in [3.63, 3.8) is 0 Å². The van der Waals surface area contributed by atoms with Gasteiger partial charge in [-0.15, -0.1) is 11.8 Å². The molecule has 1 heterocycles. The summed E-state index contributed by atoms with van der Waals surface area (Å²) in [6.07, 6.45) is 3.68. The van der Waals surface area contributed by atoms with E-state index >= 15 is 0 Å². The molecule has 0 saturated carbocycles. The molecule has 3 aromatic rings. The highest BCUT2D eigenvalue weighted by Gasteiger charge is 2.29. The summed E-state index contributed by atoms with van der Waals surface area (Å²) >= 11 is 1.67. The monoisotopic (exact) mass is 510 g/mol. The zero-order chi connectivity index (χ0) is 25.0. The number of hydrogen-bond acceptors (Lipinski definition) is 5. The van der Waals surface area contributed by atoms with E-state index in [2.05, 4.69) is 5.32 Å². The fourth-order valence-electron chi connectivity index (χ4n) is 4.22. The second kappa shape index (κ2) is 10.7. The van der Waals surface area contributed by atoms with Gasteiger partial charge in [-0.1, -0.05) is 30.3 Å². The lowest BCUT2D eigenvalue weighted by molar-refractivity contribution is -0.123. The highest BCUT2D eigenvalue weighted by Crippen LogP contribution is 2.33. The summed E-state index contributed by atoms with van der Waals surface area (Å²) < 4.78 is 34.0. The number of anilines is 1. The molecule has 1 N–H and O–H groups in total. The van der Waals surface area contributed by atoms with E-state index in [1.807, 2.05) is 61.7 Å². The number of aryl methyl sites for hydroxylation is 2. The molecule has 4 rings (SSSR count). The van der Waals surface area contributed by atoms with Crippen molar-refractivity contribution < 1.29 is 17.9 Å². The van der Waals surface area contributed by atoms with Gasteiger partial charge < -0.3 is 10.1 Å². The van der Waals surface area contributed by atoms with Gasteiger partial charge in [0.1, 0.15) is 5.75 Å². The van der Waals surface area contributed by atoms with Crippen LogP contribution in [-0.2, 0) is 21.2 Å². The van der Waals surface area contributed by atoms with Crippen molar-refractivity contribution in [2.45, 2.75) is 42.5 Å². The maximum absolute atomic E-state index is 13.4. The minimum Gasteiger partial charge on any atom is -0.484 e. The van der Waals surface area contributed by atoms with Crippen LogP contribution in [0.5, 0.6) is 5.75 Å². The van der Waals surface area contributed by atoms with Gasteiger partial charge >= 0.3 is 0 Å². The molecule has 184 valence electrons. The zero-order valence-corrected chi connectivity index (χ0v) is 21.8. The molecule has 35 heavy (non-hydrogen) atoms. The van der Waals surface area contributed by atoms with Gasteiger partial charge in [0.15, 0.2) is 6.61 Å². The number of ether oxygens (including phenoxy) is 1. The Labute approximate surface area is 211 Å². The van der Waals surface area contributed by atoms with Crippen molar-refractivity contribution in [2.24, 2.45) is 0 Å². The van der Waals surface area contributed by atoms with Gasteiger partial charge in [-0.05, 0) is 86.0 Å². The van der Waals surface area contributed by atoms with Gasteiger partial charge in [-0.2, -0.15) is 0 Å². The van der Waals surface area contributed by atoms with Crippen LogP contribution >= 0.6 is 11.8 Å². The number of para-hydroxylation sites is 1. The normalized spacial score (nSPS) is 14.2. The minimum atomic E-state index is -3.70. The lowest BCUT2D eigenvalue weighted by Gasteiger charge is -2.30. The first kappa shape index (κ1) is 25.1. The molecule has 0 saturated heterocycles. The summed E-state index contributed by atoms with van der Waals surface area (Å²) in [6, 6.07) is 20.3. The highest BCUT2D eigenvalue weighted by molar-refractivity contribution is 7.98. The SMILES string of the molecule is CSc1ccc([C@H](C)NC(=O)COc2ccc(S(=O)(=O)N3CCCc4ccccc43)cc2C)cc1. The smallest absolute Gasteiger partial charge is 0.264 e. The first-order valence-electron chi connectivity index (χ1n) is 11.6. The number of nitrogens with zero attached hydrogens (tertiary/aromatic N) is 1. The van der Waals surface area contributed by atoms with E-state index < -0.39 is 10.0 Å². The quantitative estimate of drug-likeness (QED) is 0.426. The molecule has 8 heteroatoms. The molecule has 0 fully saturated rings. The van der Waals surface area contributed by atoms with Crippen LogP contribution in [0.25, 0.3) is 0 Å². The number of benzene rings is 3. The van der Waals surface area contributed by atoms with Crippen LogP contribution in [0.4, 0.5) is 5.69 Å². The Balaban J connectivity index is 1.41. The Morgan fingerprint density at radius 1 is 1.11 bits per heavy atom. The van der Waals surface area contributed by atoms with Crippen LogP contribution in [-0.4, -0.2) is 33.7 Å². The predicted molar refractivity (Wildman–Crippen MR) is 141 cm³/mol. The van der Waals surface area contributed by atoms with Crippen molar-refractivity contribution in [1.82, 2.24) is 5.32 Å². The van der Waals surface area contributed by atoms with E-state index in [0.29, 0.717) is 17.9 Å². The van der Waals surface area contributed by atoms with Gasteiger partial charge in [0.25, 0.3) is 15.9 Å². The van der Waals surface area contributed by atoms with E-state index in [4.69, 9.17) is 4.74 Å². The summed E-state index contributed by atoms with van der Waals surface area (Å²) in [5.74, 6) is 0.239. The van der Waals surface area contributed by atoms with Crippen LogP contribution in [0.2, 0.25) is 0 Å². The lowest BCUT2D eigenvalue weighted by Crippen LogP contribution is -2.35. The molecule has 1 amide bonds. The molecule has 3 aromatic carbocycles. The van der Waals surface area contributed by atoms with Gasteiger partial charge in [0.05, 0.1) is 16.6 Å². The molecule has 1 aliphatic heterocycles. The number of nitrogens with one attached hydrogen (secondary N) is 1. The average Bonchev–Trinajstić information content (AvgIpc) is 2.87.